The van der Waals surface area contributed by atoms with Crippen molar-refractivity contribution in [1.82, 2.24) is 0 Å². The fraction of sp³-hybridized carbons (Fsp3) is 0.444. The molecule has 0 radical (unpaired) electrons. The van der Waals surface area contributed by atoms with Crippen molar-refractivity contribution < 1.29 is 4.42 Å². The zero-order valence-electron chi connectivity index (χ0n) is 25.2. The van der Waals surface area contributed by atoms with E-state index in [1.54, 1.807) is 0 Å². The van der Waals surface area contributed by atoms with Gasteiger partial charge in [0.2, 0.25) is 0 Å². The maximum Gasteiger partial charge on any atom is 0.142 e. The van der Waals surface area contributed by atoms with Gasteiger partial charge in [-0.25, -0.2) is 0 Å². The molecule has 1 heterocycles. The highest BCUT2D eigenvalue weighted by atomic mass is 16.3. The molecule has 0 unspecified atom stereocenters. The molecule has 0 saturated carbocycles. The van der Waals surface area contributed by atoms with Crippen LogP contribution < -0.4 is 0 Å². The van der Waals surface area contributed by atoms with E-state index >= 15 is 0 Å². The number of furan rings is 1. The van der Waals surface area contributed by atoms with Crippen LogP contribution in [-0.4, -0.2) is 0 Å². The quantitative estimate of drug-likeness (QED) is 0.270. The van der Waals surface area contributed by atoms with Crippen LogP contribution >= 0.6 is 0 Å². The zero-order chi connectivity index (χ0) is 27.6. The molecule has 4 rings (SSSR count). The summed E-state index contributed by atoms with van der Waals surface area (Å²) in [5.41, 5.74) is 7.83. The molecule has 3 aromatic carbocycles. The Hall–Kier alpha value is -2.80. The van der Waals surface area contributed by atoms with Crippen molar-refractivity contribution in [3.05, 3.63) is 82.9 Å². The zero-order valence-corrected chi connectivity index (χ0v) is 25.2. The van der Waals surface area contributed by atoms with Crippen LogP contribution in [0.2, 0.25) is 0 Å². The molecule has 1 aromatic heterocycles. The van der Waals surface area contributed by atoms with E-state index in [-0.39, 0.29) is 21.7 Å². The molecule has 1 nitrogen and oxygen atoms in total. The predicted molar refractivity (Wildman–Crippen MR) is 162 cm³/mol. The van der Waals surface area contributed by atoms with Crippen molar-refractivity contribution in [1.29, 1.82) is 0 Å². The van der Waals surface area contributed by atoms with Gasteiger partial charge in [0, 0.05) is 21.9 Å². The smallest absolute Gasteiger partial charge is 0.142 e. The minimum Gasteiger partial charge on any atom is -0.455 e. The molecule has 0 N–H and O–H groups in total. The van der Waals surface area contributed by atoms with Gasteiger partial charge in [0.05, 0.1) is 0 Å². The minimum atomic E-state index is 0.0455. The first kappa shape index (κ1) is 27.2. The lowest BCUT2D eigenvalue weighted by atomic mass is 9.79. The number of rotatable bonds is 2. The second-order valence-electron chi connectivity index (χ2n) is 14.9. The Balaban J connectivity index is 2.04. The van der Waals surface area contributed by atoms with Crippen LogP contribution in [0.1, 0.15) is 105 Å². The second kappa shape index (κ2) is 8.90. The second-order valence-corrected chi connectivity index (χ2v) is 14.9. The SMILES string of the molecule is CC(C)(C)c1cc(-c2oc(-c3cc(C(C)(C)C)cc(C(C)(C)C)c3)c3ccccc23)cc(C(C)(C)C)c1. The largest absolute Gasteiger partial charge is 0.455 e. The highest BCUT2D eigenvalue weighted by Crippen LogP contribution is 2.43. The summed E-state index contributed by atoms with van der Waals surface area (Å²) in [7, 11) is 0. The van der Waals surface area contributed by atoms with Crippen LogP contribution in [0, 0.1) is 0 Å². The van der Waals surface area contributed by atoms with Crippen molar-refractivity contribution in [3.8, 4) is 22.6 Å². The van der Waals surface area contributed by atoms with Gasteiger partial charge in [-0.2, -0.15) is 0 Å². The van der Waals surface area contributed by atoms with E-state index in [0.717, 1.165) is 22.6 Å². The Labute approximate surface area is 225 Å². The lowest BCUT2D eigenvalue weighted by Crippen LogP contribution is -2.16. The van der Waals surface area contributed by atoms with Crippen LogP contribution in [0.3, 0.4) is 0 Å². The summed E-state index contributed by atoms with van der Waals surface area (Å²) < 4.78 is 6.91. The van der Waals surface area contributed by atoms with E-state index in [1.807, 2.05) is 0 Å². The Bertz CT molecular complexity index is 1260. The summed E-state index contributed by atoms with van der Waals surface area (Å²) in [5.74, 6) is 1.92. The Morgan fingerprint density at radius 2 is 0.676 bits per heavy atom. The van der Waals surface area contributed by atoms with Gasteiger partial charge >= 0.3 is 0 Å². The van der Waals surface area contributed by atoms with E-state index in [2.05, 4.69) is 144 Å². The molecule has 4 aromatic rings. The minimum absolute atomic E-state index is 0.0455. The van der Waals surface area contributed by atoms with Crippen molar-refractivity contribution in [2.24, 2.45) is 0 Å². The van der Waals surface area contributed by atoms with Gasteiger partial charge < -0.3 is 4.42 Å². The molecular formula is C36H46O. The first-order valence-corrected chi connectivity index (χ1v) is 13.7. The lowest BCUT2D eigenvalue weighted by Gasteiger charge is -2.26. The topological polar surface area (TPSA) is 13.1 Å². The molecule has 0 bridgehead atoms. The summed E-state index contributed by atoms with van der Waals surface area (Å²) >= 11 is 0. The fourth-order valence-electron chi connectivity index (χ4n) is 4.77. The highest BCUT2D eigenvalue weighted by Gasteiger charge is 2.26. The number of benzene rings is 3. The molecule has 0 aliphatic heterocycles. The maximum atomic E-state index is 6.91. The average molecular weight is 495 g/mol. The molecule has 1 heteroatoms. The number of fused-ring (bicyclic) bond motifs is 1. The van der Waals surface area contributed by atoms with Crippen molar-refractivity contribution in [3.63, 3.8) is 0 Å². The first-order chi connectivity index (χ1) is 16.9. The molecule has 0 spiro atoms. The van der Waals surface area contributed by atoms with E-state index in [4.69, 9.17) is 4.42 Å². The van der Waals surface area contributed by atoms with Gasteiger partial charge in [0.1, 0.15) is 11.5 Å². The van der Waals surface area contributed by atoms with E-state index in [0.29, 0.717) is 0 Å². The third-order valence-electron chi connectivity index (χ3n) is 7.47. The summed E-state index contributed by atoms with van der Waals surface area (Å²) in [5, 5.41) is 2.34. The summed E-state index contributed by atoms with van der Waals surface area (Å²) in [6.45, 7) is 27.5. The van der Waals surface area contributed by atoms with Gasteiger partial charge in [-0.15, -0.1) is 0 Å². The van der Waals surface area contributed by atoms with Crippen molar-refractivity contribution in [2.45, 2.75) is 105 Å². The predicted octanol–water partition coefficient (Wildman–Crippen LogP) is 11.0. The van der Waals surface area contributed by atoms with Crippen LogP contribution in [-0.2, 0) is 21.7 Å². The third kappa shape index (κ3) is 5.57. The van der Waals surface area contributed by atoms with Crippen LogP contribution in [0.25, 0.3) is 33.4 Å². The van der Waals surface area contributed by atoms with Crippen molar-refractivity contribution >= 4 is 10.8 Å². The van der Waals surface area contributed by atoms with E-state index in [9.17, 15) is 0 Å². The molecule has 37 heavy (non-hydrogen) atoms. The first-order valence-electron chi connectivity index (χ1n) is 13.7. The molecule has 0 saturated heterocycles. The monoisotopic (exact) mass is 494 g/mol. The lowest BCUT2D eigenvalue weighted by molar-refractivity contribution is 0.565. The molecule has 0 atom stereocenters. The van der Waals surface area contributed by atoms with Crippen LogP contribution in [0.4, 0.5) is 0 Å². The summed E-state index contributed by atoms with van der Waals surface area (Å²) in [6, 6.07) is 22.7. The van der Waals surface area contributed by atoms with Gasteiger partial charge in [-0.05, 0) is 68.2 Å². The Morgan fingerprint density at radius 3 is 0.919 bits per heavy atom. The molecule has 0 amide bonds. The highest BCUT2D eigenvalue weighted by molar-refractivity contribution is 6.02. The summed E-state index contributed by atoms with van der Waals surface area (Å²) in [6.07, 6.45) is 0. The van der Waals surface area contributed by atoms with Gasteiger partial charge in [0.15, 0.2) is 0 Å². The van der Waals surface area contributed by atoms with Gasteiger partial charge in [-0.1, -0.05) is 119 Å². The molecular weight excluding hydrogens is 448 g/mol. The maximum absolute atomic E-state index is 6.91. The normalized spacial score (nSPS) is 13.4. The molecule has 0 aliphatic carbocycles. The third-order valence-corrected chi connectivity index (χ3v) is 7.47. The van der Waals surface area contributed by atoms with Gasteiger partial charge in [-0.3, -0.25) is 0 Å². The molecule has 196 valence electrons. The van der Waals surface area contributed by atoms with Crippen molar-refractivity contribution in [2.75, 3.05) is 0 Å². The van der Waals surface area contributed by atoms with Gasteiger partial charge in [0.25, 0.3) is 0 Å². The van der Waals surface area contributed by atoms with E-state index in [1.165, 1.54) is 33.0 Å². The fourth-order valence-corrected chi connectivity index (χ4v) is 4.77. The molecule has 0 fully saturated rings. The standard InChI is InChI=1S/C36H46O/c1-33(2,3)25-17-23(18-26(21-25)34(4,5)6)31-29-15-13-14-16-30(29)32(37-31)24-19-27(35(7,8)9)22-28(20-24)36(10,11)12/h13-22H,1-12H3. The number of hydrogen-bond donors (Lipinski definition) is 0. The average Bonchev–Trinajstić information content (AvgIpc) is 3.16. The number of hydrogen-bond acceptors (Lipinski definition) is 1. The Kier molecular flexibility index (Phi) is 6.55. The molecule has 0 aliphatic rings. The van der Waals surface area contributed by atoms with Crippen LogP contribution in [0.15, 0.2) is 65.1 Å². The summed E-state index contributed by atoms with van der Waals surface area (Å²) in [4.78, 5) is 0. The Morgan fingerprint density at radius 1 is 0.405 bits per heavy atom. The van der Waals surface area contributed by atoms with Crippen LogP contribution in [0.5, 0.6) is 0 Å². The van der Waals surface area contributed by atoms with E-state index < -0.39 is 0 Å².